The molecule has 98 valence electrons. The van der Waals surface area contributed by atoms with Crippen molar-refractivity contribution < 1.29 is 14.7 Å². The smallest absolute Gasteiger partial charge is 0.337 e. The summed E-state index contributed by atoms with van der Waals surface area (Å²) in [4.78, 5) is 26.9. The van der Waals surface area contributed by atoms with Crippen LogP contribution in [-0.2, 0) is 7.05 Å². The third-order valence-corrected chi connectivity index (χ3v) is 2.94. The fourth-order valence-corrected chi connectivity index (χ4v) is 2.14. The van der Waals surface area contributed by atoms with Gasteiger partial charge in [0.05, 0.1) is 17.4 Å². The first-order chi connectivity index (χ1) is 8.99. The Hall–Kier alpha value is -2.15. The molecule has 1 amide bonds. The second kappa shape index (κ2) is 5.23. The number of carboxylic acids is 1. The first-order valence-corrected chi connectivity index (χ1v) is 6.09. The van der Waals surface area contributed by atoms with Crippen molar-refractivity contribution in [2.45, 2.75) is 0 Å². The highest BCUT2D eigenvalue weighted by Gasteiger charge is 2.15. The Morgan fingerprint density at radius 1 is 1.47 bits per heavy atom. The second-order valence-corrected chi connectivity index (χ2v) is 4.75. The molecule has 7 heteroatoms. The van der Waals surface area contributed by atoms with Crippen molar-refractivity contribution in [1.29, 1.82) is 0 Å². The number of aryl methyl sites for hydroxylation is 1. The lowest BCUT2D eigenvalue weighted by Gasteiger charge is -2.08. The lowest BCUT2D eigenvalue weighted by molar-refractivity contribution is 0.0698. The number of anilines is 1. The van der Waals surface area contributed by atoms with Crippen LogP contribution in [0.4, 0.5) is 5.69 Å². The summed E-state index contributed by atoms with van der Waals surface area (Å²) >= 11 is 3.27. The number of nitrogens with zero attached hydrogens (tertiary/aromatic N) is 2. The second-order valence-electron chi connectivity index (χ2n) is 3.84. The van der Waals surface area contributed by atoms with Gasteiger partial charge < -0.3 is 15.0 Å². The number of carbonyl (C=O) groups excluding carboxylic acids is 1. The number of hydrogen-bond donors (Lipinski definition) is 2. The molecule has 0 fully saturated rings. The van der Waals surface area contributed by atoms with E-state index in [1.54, 1.807) is 23.9 Å². The molecule has 2 aromatic heterocycles. The molecule has 0 spiro atoms. The summed E-state index contributed by atoms with van der Waals surface area (Å²) in [5, 5.41) is 11.6. The maximum absolute atomic E-state index is 12.0. The molecular weight excluding hydrogens is 314 g/mol. The highest BCUT2D eigenvalue weighted by atomic mass is 79.9. The van der Waals surface area contributed by atoms with E-state index >= 15 is 0 Å². The van der Waals surface area contributed by atoms with Crippen molar-refractivity contribution >= 4 is 33.5 Å². The van der Waals surface area contributed by atoms with Gasteiger partial charge in [-0.25, -0.2) is 4.79 Å². The zero-order valence-corrected chi connectivity index (χ0v) is 11.5. The topological polar surface area (TPSA) is 84.2 Å². The van der Waals surface area contributed by atoms with Gasteiger partial charge in [-0.2, -0.15) is 0 Å². The molecule has 0 aliphatic carbocycles. The SMILES string of the molecule is Cn1cc(Br)cc1C(=O)Nc1cnccc1C(=O)O. The highest BCUT2D eigenvalue weighted by molar-refractivity contribution is 9.10. The molecule has 2 aromatic rings. The summed E-state index contributed by atoms with van der Waals surface area (Å²) in [5.41, 5.74) is 0.570. The molecule has 0 unspecified atom stereocenters. The monoisotopic (exact) mass is 323 g/mol. The normalized spacial score (nSPS) is 10.2. The highest BCUT2D eigenvalue weighted by Crippen LogP contribution is 2.17. The number of rotatable bonds is 3. The van der Waals surface area contributed by atoms with E-state index in [1.165, 1.54) is 18.5 Å². The predicted octanol–water partition coefficient (Wildman–Crippen LogP) is 2.13. The van der Waals surface area contributed by atoms with E-state index in [0.29, 0.717) is 5.69 Å². The van der Waals surface area contributed by atoms with Crippen LogP contribution in [0.1, 0.15) is 20.8 Å². The molecular formula is C12H10BrN3O3. The van der Waals surface area contributed by atoms with Crippen molar-refractivity contribution in [2.24, 2.45) is 7.05 Å². The molecule has 19 heavy (non-hydrogen) atoms. The van der Waals surface area contributed by atoms with Crippen LogP contribution in [0.2, 0.25) is 0 Å². The fourth-order valence-electron chi connectivity index (χ4n) is 1.62. The Morgan fingerprint density at radius 3 is 2.79 bits per heavy atom. The minimum absolute atomic E-state index is 0.00313. The average Bonchev–Trinajstić information content (AvgIpc) is 2.69. The van der Waals surface area contributed by atoms with E-state index < -0.39 is 11.9 Å². The van der Waals surface area contributed by atoms with Crippen molar-refractivity contribution in [3.63, 3.8) is 0 Å². The van der Waals surface area contributed by atoms with Gasteiger partial charge in [-0.3, -0.25) is 9.78 Å². The summed E-state index contributed by atoms with van der Waals surface area (Å²) in [6.07, 6.45) is 4.40. The molecule has 6 nitrogen and oxygen atoms in total. The number of carboxylic acid groups (broad SMARTS) is 1. The van der Waals surface area contributed by atoms with Gasteiger partial charge in [0, 0.05) is 23.9 Å². The van der Waals surface area contributed by atoms with Crippen molar-refractivity contribution in [2.75, 3.05) is 5.32 Å². The first kappa shape index (κ1) is 13.3. The lowest BCUT2D eigenvalue weighted by Crippen LogP contribution is -2.17. The third-order valence-electron chi connectivity index (χ3n) is 2.50. The van der Waals surface area contributed by atoms with Gasteiger partial charge in [-0.15, -0.1) is 0 Å². The van der Waals surface area contributed by atoms with Crippen LogP contribution in [-0.4, -0.2) is 26.5 Å². The number of aromatic carboxylic acids is 1. The van der Waals surface area contributed by atoms with E-state index in [9.17, 15) is 9.59 Å². The van der Waals surface area contributed by atoms with Gasteiger partial charge in [0.25, 0.3) is 5.91 Å². The maximum Gasteiger partial charge on any atom is 0.337 e. The minimum atomic E-state index is -1.12. The number of carbonyl (C=O) groups is 2. The molecule has 2 rings (SSSR count). The number of hydrogen-bond acceptors (Lipinski definition) is 3. The zero-order chi connectivity index (χ0) is 14.0. The predicted molar refractivity (Wildman–Crippen MR) is 72.3 cm³/mol. The van der Waals surface area contributed by atoms with Crippen LogP contribution in [0.15, 0.2) is 35.2 Å². The van der Waals surface area contributed by atoms with Gasteiger partial charge >= 0.3 is 5.97 Å². The van der Waals surface area contributed by atoms with Crippen LogP contribution in [0.25, 0.3) is 0 Å². The van der Waals surface area contributed by atoms with Gasteiger partial charge in [0.2, 0.25) is 0 Å². The standard InChI is InChI=1S/C12H10BrN3O3/c1-16-6-7(13)4-10(16)11(17)15-9-5-14-3-2-8(9)12(18)19/h2-6H,1H3,(H,15,17)(H,18,19). The Kier molecular flexibility index (Phi) is 3.66. The summed E-state index contributed by atoms with van der Waals surface area (Å²) in [6, 6.07) is 2.98. The Labute approximate surface area is 117 Å². The van der Waals surface area contributed by atoms with Crippen LogP contribution in [0.5, 0.6) is 0 Å². The van der Waals surface area contributed by atoms with Crippen molar-refractivity contribution in [1.82, 2.24) is 9.55 Å². The number of halogens is 1. The molecule has 0 saturated carbocycles. The molecule has 0 aliphatic heterocycles. The van der Waals surface area contributed by atoms with Crippen LogP contribution in [0.3, 0.4) is 0 Å². The number of amides is 1. The molecule has 0 atom stereocenters. The van der Waals surface area contributed by atoms with E-state index in [1.807, 2.05) is 0 Å². The van der Waals surface area contributed by atoms with Gasteiger partial charge in [-0.1, -0.05) is 0 Å². The van der Waals surface area contributed by atoms with Crippen LogP contribution in [0, 0.1) is 0 Å². The fraction of sp³-hybridized carbons (Fsp3) is 0.0833. The van der Waals surface area contributed by atoms with Gasteiger partial charge in [0.1, 0.15) is 5.69 Å². The maximum atomic E-state index is 12.0. The van der Waals surface area contributed by atoms with Crippen molar-refractivity contribution in [3.05, 3.63) is 46.5 Å². The molecule has 2 N–H and O–H groups in total. The zero-order valence-electron chi connectivity index (χ0n) is 9.92. The summed E-state index contributed by atoms with van der Waals surface area (Å²) in [5.74, 6) is -1.52. The Morgan fingerprint density at radius 2 is 2.21 bits per heavy atom. The quantitative estimate of drug-likeness (QED) is 0.906. The number of nitrogens with one attached hydrogen (secondary N) is 1. The van der Waals surface area contributed by atoms with E-state index in [-0.39, 0.29) is 11.3 Å². The molecule has 0 bridgehead atoms. The van der Waals surface area contributed by atoms with Crippen molar-refractivity contribution in [3.8, 4) is 0 Å². The molecule has 0 saturated heterocycles. The molecule has 0 aromatic carbocycles. The third kappa shape index (κ3) is 2.82. The minimum Gasteiger partial charge on any atom is -0.478 e. The molecule has 0 radical (unpaired) electrons. The molecule has 0 aliphatic rings. The summed E-state index contributed by atoms with van der Waals surface area (Å²) in [6.45, 7) is 0. The molecule has 2 heterocycles. The summed E-state index contributed by atoms with van der Waals surface area (Å²) in [7, 11) is 1.72. The van der Waals surface area contributed by atoms with Gasteiger partial charge in [-0.05, 0) is 28.1 Å². The Balaban J connectivity index is 2.29. The van der Waals surface area contributed by atoms with Crippen LogP contribution >= 0.6 is 15.9 Å². The summed E-state index contributed by atoms with van der Waals surface area (Å²) < 4.78 is 2.40. The number of aromatic nitrogens is 2. The average molecular weight is 324 g/mol. The van der Waals surface area contributed by atoms with E-state index in [2.05, 4.69) is 26.2 Å². The lowest BCUT2D eigenvalue weighted by atomic mass is 10.2. The first-order valence-electron chi connectivity index (χ1n) is 5.29. The van der Waals surface area contributed by atoms with E-state index in [0.717, 1.165) is 4.47 Å². The van der Waals surface area contributed by atoms with Gasteiger partial charge in [0.15, 0.2) is 0 Å². The van der Waals surface area contributed by atoms with E-state index in [4.69, 9.17) is 5.11 Å². The number of pyridine rings is 1. The largest absolute Gasteiger partial charge is 0.478 e. The van der Waals surface area contributed by atoms with Crippen LogP contribution < -0.4 is 5.32 Å². The Bertz CT molecular complexity index is 651.